The van der Waals surface area contributed by atoms with Crippen LogP contribution in [0.15, 0.2) is 47.4 Å². The summed E-state index contributed by atoms with van der Waals surface area (Å²) in [5.41, 5.74) is 2.14. The average molecular weight is 505 g/mol. The average Bonchev–Trinajstić information content (AvgIpc) is 3.31. The first-order valence-corrected chi connectivity index (χ1v) is 13.2. The zero-order valence-corrected chi connectivity index (χ0v) is 21.9. The van der Waals surface area contributed by atoms with Crippen molar-refractivity contribution in [2.24, 2.45) is 0 Å². The van der Waals surface area contributed by atoms with Crippen LogP contribution in [0.2, 0.25) is 0 Å². The summed E-state index contributed by atoms with van der Waals surface area (Å²) in [5, 5.41) is 2.97. The molecule has 0 aromatic heterocycles. The smallest absolute Gasteiger partial charge is 0.317 e. The number of amides is 2. The lowest BCUT2D eigenvalue weighted by atomic mass is 10.1. The van der Waals surface area contributed by atoms with Gasteiger partial charge in [-0.15, -0.1) is 0 Å². The molecule has 2 aromatic carbocycles. The molecule has 0 bridgehead atoms. The molecule has 2 amide bonds. The fourth-order valence-electron chi connectivity index (χ4n) is 3.98. The maximum absolute atomic E-state index is 13.0. The number of anilines is 2. The lowest BCUT2D eigenvalue weighted by molar-refractivity contribution is 0.0791. The first-order chi connectivity index (χ1) is 16.6. The third-order valence-electron chi connectivity index (χ3n) is 5.69. The number of urea groups is 1. The Hall–Kier alpha value is -2.98. The molecule has 1 atom stereocenters. The molecule has 10 heteroatoms. The van der Waals surface area contributed by atoms with E-state index >= 15 is 0 Å². The summed E-state index contributed by atoms with van der Waals surface area (Å²) in [6.07, 6.45) is 1.89. The molecule has 1 fully saturated rings. The van der Waals surface area contributed by atoms with Crippen LogP contribution in [0.5, 0.6) is 5.75 Å². The number of carbonyl (C=O) groups is 1. The first kappa shape index (κ1) is 26.6. The highest BCUT2D eigenvalue weighted by Gasteiger charge is 2.25. The second-order valence-corrected chi connectivity index (χ2v) is 10.8. The molecule has 1 saturated heterocycles. The lowest BCUT2D eigenvalue weighted by Crippen LogP contribution is -2.45. The van der Waals surface area contributed by atoms with Crippen molar-refractivity contribution in [2.75, 3.05) is 44.0 Å². The van der Waals surface area contributed by atoms with Gasteiger partial charge in [0.05, 0.1) is 18.1 Å². The van der Waals surface area contributed by atoms with Crippen LogP contribution in [-0.2, 0) is 21.3 Å². The Bertz CT molecular complexity index is 1100. The van der Waals surface area contributed by atoms with Gasteiger partial charge in [0.25, 0.3) is 10.0 Å². The van der Waals surface area contributed by atoms with Crippen LogP contribution in [0.4, 0.5) is 16.2 Å². The Morgan fingerprint density at radius 3 is 2.46 bits per heavy atom. The lowest BCUT2D eigenvalue weighted by Gasteiger charge is -2.29. The van der Waals surface area contributed by atoms with E-state index in [9.17, 15) is 13.2 Å². The number of carbonyl (C=O) groups excluding carboxylic acids is 1. The van der Waals surface area contributed by atoms with Gasteiger partial charge < -0.3 is 24.6 Å². The van der Waals surface area contributed by atoms with E-state index in [4.69, 9.17) is 9.47 Å². The van der Waals surface area contributed by atoms with Crippen molar-refractivity contribution in [1.82, 2.24) is 10.2 Å². The maximum atomic E-state index is 13.0. The Morgan fingerprint density at radius 2 is 1.89 bits per heavy atom. The van der Waals surface area contributed by atoms with Crippen molar-refractivity contribution in [1.29, 1.82) is 0 Å². The van der Waals surface area contributed by atoms with Crippen LogP contribution < -0.4 is 19.7 Å². The van der Waals surface area contributed by atoms with E-state index in [2.05, 4.69) is 10.0 Å². The highest BCUT2D eigenvalue weighted by atomic mass is 32.2. The number of methoxy groups -OCH3 is 1. The SMILES string of the molecule is COc1ccc(S(=O)(=O)Nc2ccc(N(C)C)c(CN(CC3CCCO3)C(=O)NC(C)C)c2)cc1. The second-order valence-electron chi connectivity index (χ2n) is 9.14. The number of hydrogen-bond donors (Lipinski definition) is 2. The fourth-order valence-corrected chi connectivity index (χ4v) is 5.03. The topological polar surface area (TPSA) is 100 Å². The van der Waals surface area contributed by atoms with Crippen LogP contribution in [0.25, 0.3) is 0 Å². The van der Waals surface area contributed by atoms with Gasteiger partial charge in [0.2, 0.25) is 0 Å². The van der Waals surface area contributed by atoms with Gasteiger partial charge in [-0.2, -0.15) is 0 Å². The summed E-state index contributed by atoms with van der Waals surface area (Å²) in [6.45, 7) is 5.32. The van der Waals surface area contributed by atoms with Crippen LogP contribution in [0.1, 0.15) is 32.3 Å². The first-order valence-electron chi connectivity index (χ1n) is 11.7. The van der Waals surface area contributed by atoms with E-state index in [-0.39, 0.29) is 23.1 Å². The van der Waals surface area contributed by atoms with E-state index in [0.717, 1.165) is 24.1 Å². The van der Waals surface area contributed by atoms with Gasteiger partial charge in [-0.05, 0) is 74.7 Å². The van der Waals surface area contributed by atoms with E-state index in [0.29, 0.717) is 31.1 Å². The molecule has 0 spiro atoms. The molecule has 35 heavy (non-hydrogen) atoms. The minimum Gasteiger partial charge on any atom is -0.497 e. The Kier molecular flexibility index (Phi) is 8.85. The van der Waals surface area contributed by atoms with Gasteiger partial charge in [-0.3, -0.25) is 4.72 Å². The molecule has 9 nitrogen and oxygen atoms in total. The predicted octanol–water partition coefficient (Wildman–Crippen LogP) is 3.66. The summed E-state index contributed by atoms with van der Waals surface area (Å²) in [4.78, 5) is 16.8. The molecule has 0 saturated carbocycles. The second kappa shape index (κ2) is 11.6. The summed E-state index contributed by atoms with van der Waals surface area (Å²) in [6, 6.07) is 11.4. The van der Waals surface area contributed by atoms with Crippen LogP contribution in [0.3, 0.4) is 0 Å². The summed E-state index contributed by atoms with van der Waals surface area (Å²) >= 11 is 0. The van der Waals surface area contributed by atoms with Crippen molar-refractivity contribution >= 4 is 27.4 Å². The quantitative estimate of drug-likeness (QED) is 0.512. The van der Waals surface area contributed by atoms with E-state index in [1.54, 1.807) is 29.2 Å². The highest BCUT2D eigenvalue weighted by Crippen LogP contribution is 2.27. The molecule has 1 aliphatic heterocycles. The standard InChI is InChI=1S/C25H36N4O5S/c1-18(2)26-25(30)29(17-22-7-6-14-34-22)16-19-15-20(8-13-24(19)28(3)4)27-35(31,32)23-11-9-21(33-5)10-12-23/h8-13,15,18,22,27H,6-7,14,16-17H2,1-5H3,(H,26,30). The Morgan fingerprint density at radius 1 is 1.17 bits per heavy atom. The molecule has 0 radical (unpaired) electrons. The van der Waals surface area contributed by atoms with Gasteiger partial charge in [0, 0.05) is 51.2 Å². The fraction of sp³-hybridized carbons (Fsp3) is 0.480. The van der Waals surface area contributed by atoms with Gasteiger partial charge in [0.15, 0.2) is 0 Å². The minimum atomic E-state index is -3.80. The molecule has 3 rings (SSSR count). The third-order valence-corrected chi connectivity index (χ3v) is 7.09. The van der Waals surface area contributed by atoms with Gasteiger partial charge in [0.1, 0.15) is 5.75 Å². The number of sulfonamides is 1. The van der Waals surface area contributed by atoms with E-state index in [1.165, 1.54) is 19.2 Å². The van der Waals surface area contributed by atoms with Crippen LogP contribution >= 0.6 is 0 Å². The zero-order chi connectivity index (χ0) is 25.6. The molecule has 2 aromatic rings. The normalized spacial score (nSPS) is 15.7. The van der Waals surface area contributed by atoms with Crippen molar-refractivity contribution in [3.8, 4) is 5.75 Å². The Balaban J connectivity index is 1.88. The summed E-state index contributed by atoms with van der Waals surface area (Å²) < 4.78 is 39.5. The largest absolute Gasteiger partial charge is 0.497 e. The molecular formula is C25H36N4O5S. The zero-order valence-electron chi connectivity index (χ0n) is 21.1. The van der Waals surface area contributed by atoms with Gasteiger partial charge >= 0.3 is 6.03 Å². The maximum Gasteiger partial charge on any atom is 0.317 e. The number of ether oxygens (including phenoxy) is 2. The molecule has 1 unspecified atom stereocenters. The Labute approximate surface area is 208 Å². The van der Waals surface area contributed by atoms with Gasteiger partial charge in [-0.25, -0.2) is 13.2 Å². The monoisotopic (exact) mass is 504 g/mol. The van der Waals surface area contributed by atoms with Crippen molar-refractivity contribution < 1.29 is 22.7 Å². The summed E-state index contributed by atoms with van der Waals surface area (Å²) in [5.74, 6) is 0.576. The predicted molar refractivity (Wildman–Crippen MR) is 138 cm³/mol. The van der Waals surface area contributed by atoms with Crippen LogP contribution in [-0.4, -0.2) is 65.9 Å². The van der Waals surface area contributed by atoms with E-state index < -0.39 is 10.0 Å². The number of nitrogens with zero attached hydrogens (tertiary/aromatic N) is 2. The molecular weight excluding hydrogens is 468 g/mol. The third kappa shape index (κ3) is 7.25. The van der Waals surface area contributed by atoms with Crippen molar-refractivity contribution in [3.63, 3.8) is 0 Å². The highest BCUT2D eigenvalue weighted by molar-refractivity contribution is 7.92. The minimum absolute atomic E-state index is 0.00697. The molecule has 1 heterocycles. The molecule has 192 valence electrons. The number of hydrogen-bond acceptors (Lipinski definition) is 6. The van der Waals surface area contributed by atoms with Gasteiger partial charge in [-0.1, -0.05) is 0 Å². The van der Waals surface area contributed by atoms with Crippen molar-refractivity contribution in [2.45, 2.75) is 50.3 Å². The molecule has 2 N–H and O–H groups in total. The molecule has 0 aliphatic carbocycles. The van der Waals surface area contributed by atoms with Crippen LogP contribution in [0, 0.1) is 0 Å². The number of nitrogens with one attached hydrogen (secondary N) is 2. The van der Waals surface area contributed by atoms with E-state index in [1.807, 2.05) is 38.9 Å². The summed E-state index contributed by atoms with van der Waals surface area (Å²) in [7, 11) is 1.56. The number of benzene rings is 2. The van der Waals surface area contributed by atoms with Crippen molar-refractivity contribution in [3.05, 3.63) is 48.0 Å². The molecule has 1 aliphatic rings. The number of rotatable bonds is 10.